The maximum Gasteiger partial charge on any atom is 0.264 e. The minimum Gasteiger partial charge on any atom is -0.397 e. The molecule has 2 aromatic rings. The summed E-state index contributed by atoms with van der Waals surface area (Å²) in [4.78, 5) is 0.0920. The Hall–Kier alpha value is -1.24. The van der Waals surface area contributed by atoms with Crippen LogP contribution in [0.25, 0.3) is 0 Å². The first-order valence-corrected chi connectivity index (χ1v) is 8.71. The number of benzene rings is 2. The zero-order valence-corrected chi connectivity index (χ0v) is 14.6. The molecule has 0 aromatic heterocycles. The first-order chi connectivity index (χ1) is 9.72. The van der Waals surface area contributed by atoms with Gasteiger partial charge < -0.3 is 5.73 Å². The van der Waals surface area contributed by atoms with Crippen molar-refractivity contribution in [3.63, 3.8) is 0 Å². The summed E-state index contributed by atoms with van der Waals surface area (Å²) in [7, 11) is -3.80. The van der Waals surface area contributed by atoms with Gasteiger partial charge in [-0.3, -0.25) is 4.72 Å². The number of hydrogen-bond acceptors (Lipinski definition) is 3. The van der Waals surface area contributed by atoms with Crippen LogP contribution in [0, 0.1) is 13.8 Å². The fraction of sp³-hybridized carbons (Fsp3) is 0.143. The van der Waals surface area contributed by atoms with Crippen molar-refractivity contribution < 1.29 is 8.42 Å². The molecule has 0 fully saturated rings. The van der Waals surface area contributed by atoms with E-state index in [1.165, 1.54) is 6.07 Å². The van der Waals surface area contributed by atoms with E-state index in [9.17, 15) is 8.42 Å². The van der Waals surface area contributed by atoms with Gasteiger partial charge in [0.2, 0.25) is 0 Å². The molecule has 3 N–H and O–H groups in total. The molecular formula is C14H14BrClN2O2S. The number of sulfonamides is 1. The fourth-order valence-electron chi connectivity index (χ4n) is 1.94. The molecule has 0 aliphatic heterocycles. The maximum absolute atomic E-state index is 12.6. The van der Waals surface area contributed by atoms with Crippen molar-refractivity contribution in [3.05, 3.63) is 51.0 Å². The smallest absolute Gasteiger partial charge is 0.264 e. The van der Waals surface area contributed by atoms with E-state index in [2.05, 4.69) is 20.7 Å². The third kappa shape index (κ3) is 3.33. The van der Waals surface area contributed by atoms with E-state index < -0.39 is 10.0 Å². The Kier molecular flexibility index (Phi) is 4.51. The van der Waals surface area contributed by atoms with Gasteiger partial charge in [-0.2, -0.15) is 0 Å². The number of hydrogen-bond donors (Lipinski definition) is 2. The van der Waals surface area contributed by atoms with Crippen LogP contribution in [0.5, 0.6) is 0 Å². The average molecular weight is 390 g/mol. The van der Waals surface area contributed by atoms with Crippen LogP contribution in [0.1, 0.15) is 11.1 Å². The highest BCUT2D eigenvalue weighted by atomic mass is 79.9. The van der Waals surface area contributed by atoms with Crippen molar-refractivity contribution in [1.82, 2.24) is 0 Å². The third-order valence-electron chi connectivity index (χ3n) is 3.05. The van der Waals surface area contributed by atoms with Gasteiger partial charge in [-0.25, -0.2) is 8.42 Å². The van der Waals surface area contributed by atoms with Gasteiger partial charge in [-0.1, -0.05) is 23.7 Å². The number of aryl methyl sites for hydroxylation is 2. The molecular weight excluding hydrogens is 376 g/mol. The van der Waals surface area contributed by atoms with E-state index in [0.717, 1.165) is 0 Å². The molecule has 0 radical (unpaired) electrons. The normalized spacial score (nSPS) is 11.4. The van der Waals surface area contributed by atoms with Gasteiger partial charge in [0, 0.05) is 9.50 Å². The molecule has 0 aliphatic rings. The second-order valence-corrected chi connectivity index (χ2v) is 7.58. The number of rotatable bonds is 3. The molecule has 0 unspecified atom stereocenters. The summed E-state index contributed by atoms with van der Waals surface area (Å²) in [5, 5.41) is 0.435. The Bertz CT molecular complexity index is 807. The number of nitrogens with one attached hydrogen (secondary N) is 1. The number of nitrogens with two attached hydrogens (primary N) is 1. The van der Waals surface area contributed by atoms with Gasteiger partial charge >= 0.3 is 0 Å². The lowest BCUT2D eigenvalue weighted by atomic mass is 10.1. The van der Waals surface area contributed by atoms with E-state index in [1.807, 2.05) is 0 Å². The molecule has 2 rings (SSSR count). The zero-order chi connectivity index (χ0) is 15.8. The molecule has 4 nitrogen and oxygen atoms in total. The SMILES string of the molecule is Cc1ccc(C)c(S(=O)(=O)Nc2cc(Cl)ccc2Br)c1N. The summed E-state index contributed by atoms with van der Waals surface area (Å²) in [6.07, 6.45) is 0. The van der Waals surface area contributed by atoms with Crippen molar-refractivity contribution in [2.24, 2.45) is 0 Å². The molecule has 0 heterocycles. The van der Waals surface area contributed by atoms with Gasteiger partial charge in [0.05, 0.1) is 11.4 Å². The average Bonchev–Trinajstić information content (AvgIpc) is 2.38. The van der Waals surface area contributed by atoms with Crippen LogP contribution in [0.15, 0.2) is 39.7 Å². The molecule has 21 heavy (non-hydrogen) atoms. The number of anilines is 2. The Morgan fingerprint density at radius 2 is 1.76 bits per heavy atom. The highest BCUT2D eigenvalue weighted by molar-refractivity contribution is 9.10. The zero-order valence-electron chi connectivity index (χ0n) is 11.4. The summed E-state index contributed by atoms with van der Waals surface area (Å²) in [6, 6.07) is 8.39. The van der Waals surface area contributed by atoms with Gasteiger partial charge in [-0.15, -0.1) is 0 Å². The van der Waals surface area contributed by atoms with E-state index in [0.29, 0.717) is 26.3 Å². The lowest BCUT2D eigenvalue weighted by molar-refractivity contribution is 0.601. The first kappa shape index (κ1) is 16.1. The van der Waals surface area contributed by atoms with Crippen LogP contribution in [0.2, 0.25) is 5.02 Å². The van der Waals surface area contributed by atoms with Gasteiger partial charge in [0.15, 0.2) is 0 Å². The lowest BCUT2D eigenvalue weighted by Crippen LogP contribution is -2.17. The topological polar surface area (TPSA) is 72.2 Å². The highest BCUT2D eigenvalue weighted by Crippen LogP contribution is 2.31. The summed E-state index contributed by atoms with van der Waals surface area (Å²) in [5.74, 6) is 0. The Morgan fingerprint density at radius 3 is 2.43 bits per heavy atom. The molecule has 0 spiro atoms. The minimum absolute atomic E-state index is 0.0920. The lowest BCUT2D eigenvalue weighted by Gasteiger charge is -2.15. The quantitative estimate of drug-likeness (QED) is 0.776. The van der Waals surface area contributed by atoms with Crippen molar-refractivity contribution in [3.8, 4) is 0 Å². The van der Waals surface area contributed by atoms with Crippen molar-refractivity contribution in [2.75, 3.05) is 10.5 Å². The molecule has 7 heteroatoms. The monoisotopic (exact) mass is 388 g/mol. The van der Waals surface area contributed by atoms with Crippen molar-refractivity contribution in [2.45, 2.75) is 18.7 Å². The predicted molar refractivity (Wildman–Crippen MR) is 90.3 cm³/mol. The molecule has 0 amide bonds. The summed E-state index contributed by atoms with van der Waals surface area (Å²) in [6.45, 7) is 3.47. The molecule has 0 atom stereocenters. The largest absolute Gasteiger partial charge is 0.397 e. The van der Waals surface area contributed by atoms with Crippen molar-refractivity contribution >= 4 is 48.9 Å². The van der Waals surface area contributed by atoms with Gasteiger partial charge in [0.25, 0.3) is 10.0 Å². The van der Waals surface area contributed by atoms with Crippen LogP contribution >= 0.6 is 27.5 Å². The molecule has 0 saturated heterocycles. The molecule has 0 aliphatic carbocycles. The fourth-order valence-corrected chi connectivity index (χ4v) is 4.09. The molecule has 0 saturated carbocycles. The van der Waals surface area contributed by atoms with E-state index >= 15 is 0 Å². The van der Waals surface area contributed by atoms with Gasteiger partial charge in [-0.05, 0) is 59.1 Å². The molecule has 2 aromatic carbocycles. The maximum atomic E-state index is 12.6. The van der Waals surface area contributed by atoms with Crippen LogP contribution in [-0.4, -0.2) is 8.42 Å². The Balaban J connectivity index is 2.54. The van der Waals surface area contributed by atoms with Crippen LogP contribution in [0.3, 0.4) is 0 Å². The van der Waals surface area contributed by atoms with E-state index in [4.69, 9.17) is 17.3 Å². The van der Waals surface area contributed by atoms with Crippen LogP contribution < -0.4 is 10.5 Å². The number of halogens is 2. The highest BCUT2D eigenvalue weighted by Gasteiger charge is 2.22. The second kappa shape index (κ2) is 5.87. The van der Waals surface area contributed by atoms with E-state index in [1.54, 1.807) is 38.1 Å². The minimum atomic E-state index is -3.80. The summed E-state index contributed by atoms with van der Waals surface area (Å²) < 4.78 is 28.3. The Morgan fingerprint density at radius 1 is 1.14 bits per heavy atom. The molecule has 112 valence electrons. The second-order valence-electron chi connectivity index (χ2n) is 4.67. The summed E-state index contributed by atoms with van der Waals surface area (Å²) in [5.41, 5.74) is 7.85. The van der Waals surface area contributed by atoms with Gasteiger partial charge in [0.1, 0.15) is 4.90 Å². The number of nitrogen functional groups attached to an aromatic ring is 1. The molecule has 0 bridgehead atoms. The van der Waals surface area contributed by atoms with Crippen molar-refractivity contribution in [1.29, 1.82) is 0 Å². The predicted octanol–water partition coefficient (Wildman–Crippen LogP) is 4.10. The first-order valence-electron chi connectivity index (χ1n) is 6.06. The standard InChI is InChI=1S/C14H14BrClN2O2S/c1-8-3-4-9(2)14(13(8)17)21(19,20)18-12-7-10(16)5-6-11(12)15/h3-7,18H,17H2,1-2H3. The van der Waals surface area contributed by atoms with Crippen LogP contribution in [-0.2, 0) is 10.0 Å². The summed E-state index contributed by atoms with van der Waals surface area (Å²) >= 11 is 9.19. The Labute approximate surface area is 137 Å². The third-order valence-corrected chi connectivity index (χ3v) is 5.55. The van der Waals surface area contributed by atoms with Crippen LogP contribution in [0.4, 0.5) is 11.4 Å². The van der Waals surface area contributed by atoms with E-state index in [-0.39, 0.29) is 10.6 Å².